The number of nitrogens with zero attached hydrogens (tertiary/aromatic N) is 6. The van der Waals surface area contributed by atoms with E-state index < -0.39 is 0 Å². The summed E-state index contributed by atoms with van der Waals surface area (Å²) in [6.45, 7) is 2.63. The summed E-state index contributed by atoms with van der Waals surface area (Å²) in [6, 6.07) is 17.7. The van der Waals surface area contributed by atoms with Crippen molar-refractivity contribution in [2.45, 2.75) is 32.7 Å². The lowest BCUT2D eigenvalue weighted by Crippen LogP contribution is -2.25. The molecule has 3 heterocycles. The Balaban J connectivity index is 1.48. The van der Waals surface area contributed by atoms with Gasteiger partial charge in [0.25, 0.3) is 0 Å². The number of tetrazole rings is 1. The average Bonchev–Trinajstić information content (AvgIpc) is 3.57. The monoisotopic (exact) mass is 481 g/mol. The highest BCUT2D eigenvalue weighted by Crippen LogP contribution is 2.29. The first kappa shape index (κ1) is 23.2. The maximum Gasteiger partial charge on any atom is 0.333 e. The molecule has 0 aliphatic carbocycles. The molecule has 0 saturated carbocycles. The fourth-order valence-electron chi connectivity index (χ4n) is 4.33. The van der Waals surface area contributed by atoms with Crippen molar-refractivity contribution in [3.05, 3.63) is 94.9 Å². The lowest BCUT2D eigenvalue weighted by atomic mass is 10.00. The van der Waals surface area contributed by atoms with Crippen LogP contribution >= 0.6 is 0 Å². The Bertz CT molecular complexity index is 1500. The van der Waals surface area contributed by atoms with E-state index in [1.165, 1.54) is 0 Å². The molecule has 0 atom stereocenters. The third kappa shape index (κ3) is 4.55. The van der Waals surface area contributed by atoms with Gasteiger partial charge in [-0.2, -0.15) is 5.21 Å². The van der Waals surface area contributed by atoms with Crippen LogP contribution in [-0.2, 0) is 13.0 Å². The van der Waals surface area contributed by atoms with Crippen molar-refractivity contribution in [3.8, 4) is 34.0 Å². The number of unbranched alkanes of at least 4 members (excludes halogenated alkanes) is 1. The van der Waals surface area contributed by atoms with Crippen molar-refractivity contribution in [1.29, 1.82) is 0 Å². The van der Waals surface area contributed by atoms with Gasteiger partial charge in [0.05, 0.1) is 19.3 Å². The summed E-state index contributed by atoms with van der Waals surface area (Å²) in [7, 11) is 1.62. The maximum atomic E-state index is 13.5. The molecule has 5 rings (SSSR count). The normalized spacial score (nSPS) is 11.1. The minimum absolute atomic E-state index is 0.0804. The van der Waals surface area contributed by atoms with Crippen LogP contribution in [0.3, 0.4) is 0 Å². The van der Waals surface area contributed by atoms with E-state index in [9.17, 15) is 4.79 Å². The van der Waals surface area contributed by atoms with Crippen molar-refractivity contribution in [1.82, 2.24) is 34.7 Å². The number of hydrogen-bond acceptors (Lipinski definition) is 6. The number of nitrogens with one attached hydrogen (secondary N) is 1. The van der Waals surface area contributed by atoms with Gasteiger partial charge in [0.2, 0.25) is 5.82 Å². The Hall–Kier alpha value is -4.53. The molecule has 0 spiro atoms. The molecule has 0 radical (unpaired) electrons. The number of rotatable bonds is 9. The number of hydrogen-bond donors (Lipinski definition) is 1. The summed E-state index contributed by atoms with van der Waals surface area (Å²) in [6.07, 6.45) is 8.31. The summed E-state index contributed by atoms with van der Waals surface area (Å²) in [4.78, 5) is 17.7. The number of pyridine rings is 1. The van der Waals surface area contributed by atoms with Crippen LogP contribution < -0.4 is 10.4 Å². The van der Waals surface area contributed by atoms with Crippen molar-refractivity contribution in [3.63, 3.8) is 0 Å². The van der Waals surface area contributed by atoms with Gasteiger partial charge in [0.1, 0.15) is 5.75 Å². The molecule has 5 aromatic rings. The second kappa shape index (κ2) is 10.4. The van der Waals surface area contributed by atoms with E-state index in [0.717, 1.165) is 52.9 Å². The zero-order valence-electron chi connectivity index (χ0n) is 20.3. The number of imidazole rings is 1. The molecule has 1 N–H and O–H groups in total. The van der Waals surface area contributed by atoms with Crippen LogP contribution in [0.25, 0.3) is 28.2 Å². The molecular formula is C27H27N7O2. The van der Waals surface area contributed by atoms with Crippen molar-refractivity contribution in [2.24, 2.45) is 0 Å². The summed E-state index contributed by atoms with van der Waals surface area (Å²) < 4.78 is 9.05. The third-order valence-corrected chi connectivity index (χ3v) is 6.21. The minimum Gasteiger partial charge on any atom is -0.495 e. The van der Waals surface area contributed by atoms with Crippen LogP contribution in [-0.4, -0.2) is 41.9 Å². The molecule has 2 aromatic carbocycles. The van der Waals surface area contributed by atoms with Gasteiger partial charge >= 0.3 is 5.69 Å². The summed E-state index contributed by atoms with van der Waals surface area (Å²) in [5.74, 6) is 1.16. The standard InChI is InChI=1S/C27H27N7O2/c1-3-4-7-21-18-34(24-8-5-6-9-25(24)36-2)27(35)33(21)17-19-10-12-20(13-11-19)22-14-15-28-16-23(22)26-29-31-32-30-26/h5-6,8-16,18H,3-4,7,17H2,1-2H3,(H,29,30,31,32). The molecule has 182 valence electrons. The zero-order chi connectivity index (χ0) is 24.9. The van der Waals surface area contributed by atoms with Gasteiger partial charge in [-0.15, -0.1) is 10.2 Å². The van der Waals surface area contributed by atoms with Crippen molar-refractivity contribution >= 4 is 0 Å². The Morgan fingerprint density at radius 1 is 1.03 bits per heavy atom. The smallest absolute Gasteiger partial charge is 0.333 e. The molecule has 0 bridgehead atoms. The highest BCUT2D eigenvalue weighted by molar-refractivity contribution is 5.79. The number of methoxy groups -OCH3 is 1. The van der Waals surface area contributed by atoms with E-state index in [4.69, 9.17) is 4.74 Å². The molecule has 0 aliphatic heterocycles. The molecule has 0 fully saturated rings. The van der Waals surface area contributed by atoms with E-state index in [-0.39, 0.29) is 5.69 Å². The summed E-state index contributed by atoms with van der Waals surface area (Å²) in [5.41, 5.74) is 5.46. The Labute approximate surface area is 208 Å². The molecule has 0 unspecified atom stereocenters. The number of H-pyrrole nitrogens is 1. The van der Waals surface area contributed by atoms with Gasteiger partial charge < -0.3 is 4.74 Å². The molecular weight excluding hydrogens is 454 g/mol. The average molecular weight is 482 g/mol. The highest BCUT2D eigenvalue weighted by atomic mass is 16.5. The van der Waals surface area contributed by atoms with Gasteiger partial charge in [0, 0.05) is 29.8 Å². The molecule has 36 heavy (non-hydrogen) atoms. The van der Waals surface area contributed by atoms with Gasteiger partial charge in [-0.1, -0.05) is 49.7 Å². The van der Waals surface area contributed by atoms with Crippen molar-refractivity contribution in [2.75, 3.05) is 7.11 Å². The van der Waals surface area contributed by atoms with E-state index in [2.05, 4.69) is 32.5 Å². The Kier molecular flexibility index (Phi) is 6.70. The van der Waals surface area contributed by atoms with Crippen molar-refractivity contribution < 1.29 is 4.74 Å². The van der Waals surface area contributed by atoms with Crippen LogP contribution in [0.15, 0.2) is 78.0 Å². The first-order chi connectivity index (χ1) is 17.7. The second-order valence-corrected chi connectivity index (χ2v) is 8.49. The van der Waals surface area contributed by atoms with Gasteiger partial charge in [-0.05, 0) is 52.9 Å². The number of aromatic nitrogens is 7. The first-order valence-electron chi connectivity index (χ1n) is 11.9. The molecule has 9 nitrogen and oxygen atoms in total. The number of benzene rings is 2. The number of ether oxygens (including phenoxy) is 1. The van der Waals surface area contributed by atoms with E-state index >= 15 is 0 Å². The summed E-state index contributed by atoms with van der Waals surface area (Å²) in [5, 5.41) is 14.3. The SMILES string of the molecule is CCCCc1cn(-c2ccccc2OC)c(=O)n1Cc1ccc(-c2ccncc2-c2nn[nH]n2)cc1. The predicted octanol–water partition coefficient (Wildman–Crippen LogP) is 4.28. The Morgan fingerprint density at radius 2 is 1.86 bits per heavy atom. The van der Waals surface area contributed by atoms with Gasteiger partial charge in [-0.25, -0.2) is 4.79 Å². The highest BCUT2D eigenvalue weighted by Gasteiger charge is 2.16. The topological polar surface area (TPSA) is 104 Å². The largest absolute Gasteiger partial charge is 0.495 e. The molecule has 3 aromatic heterocycles. The van der Waals surface area contributed by atoms with Gasteiger partial charge in [0.15, 0.2) is 0 Å². The number of para-hydroxylation sites is 2. The van der Waals surface area contributed by atoms with Crippen LogP contribution in [0.2, 0.25) is 0 Å². The lowest BCUT2D eigenvalue weighted by molar-refractivity contribution is 0.412. The third-order valence-electron chi connectivity index (χ3n) is 6.21. The van der Waals surface area contributed by atoms with Crippen LogP contribution in [0.1, 0.15) is 31.0 Å². The maximum absolute atomic E-state index is 13.5. The van der Waals surface area contributed by atoms with E-state index in [1.807, 2.05) is 65.4 Å². The fraction of sp³-hybridized carbons (Fsp3) is 0.222. The predicted molar refractivity (Wildman–Crippen MR) is 137 cm³/mol. The second-order valence-electron chi connectivity index (χ2n) is 8.49. The molecule has 9 heteroatoms. The first-order valence-corrected chi connectivity index (χ1v) is 11.9. The minimum atomic E-state index is -0.0804. The molecule has 0 saturated heterocycles. The summed E-state index contributed by atoms with van der Waals surface area (Å²) >= 11 is 0. The van der Waals surface area contributed by atoms with Crippen LogP contribution in [0, 0.1) is 0 Å². The van der Waals surface area contributed by atoms with Crippen LogP contribution in [0.5, 0.6) is 5.75 Å². The Morgan fingerprint density at radius 3 is 2.61 bits per heavy atom. The molecule has 0 amide bonds. The zero-order valence-corrected chi connectivity index (χ0v) is 20.3. The van der Waals surface area contributed by atoms with E-state index in [0.29, 0.717) is 18.1 Å². The fourth-order valence-corrected chi connectivity index (χ4v) is 4.33. The number of aryl methyl sites for hydroxylation is 1. The number of aromatic amines is 1. The van der Waals surface area contributed by atoms with Gasteiger partial charge in [-0.3, -0.25) is 14.1 Å². The quantitative estimate of drug-likeness (QED) is 0.337. The van der Waals surface area contributed by atoms with E-state index in [1.54, 1.807) is 24.1 Å². The van der Waals surface area contributed by atoms with Crippen LogP contribution in [0.4, 0.5) is 0 Å². The lowest BCUT2D eigenvalue weighted by Gasteiger charge is -2.10. The molecule has 0 aliphatic rings.